The van der Waals surface area contributed by atoms with Gasteiger partial charge in [-0.2, -0.15) is 0 Å². The molecule has 4 nitrogen and oxygen atoms in total. The molecule has 1 N–H and O–H groups in total. The monoisotopic (exact) mass is 179 g/mol. The highest BCUT2D eigenvalue weighted by Gasteiger charge is 2.12. The molecule has 0 fully saturated rings. The van der Waals surface area contributed by atoms with E-state index in [1.165, 1.54) is 0 Å². The summed E-state index contributed by atoms with van der Waals surface area (Å²) in [6, 6.07) is 5.58. The van der Waals surface area contributed by atoms with Crippen LogP contribution in [-0.2, 0) is 11.3 Å². The van der Waals surface area contributed by atoms with Crippen LogP contribution in [0.5, 0.6) is 11.5 Å². The van der Waals surface area contributed by atoms with E-state index in [9.17, 15) is 0 Å². The van der Waals surface area contributed by atoms with Crippen molar-refractivity contribution in [3.05, 3.63) is 23.8 Å². The zero-order chi connectivity index (χ0) is 9.10. The summed E-state index contributed by atoms with van der Waals surface area (Å²) in [5.41, 5.74) is 0.966. The fourth-order valence-corrected chi connectivity index (χ4v) is 1.17. The minimum absolute atomic E-state index is 0.282. The fraction of sp³-hybridized carbons (Fsp3) is 0.222. The average molecular weight is 179 g/mol. The van der Waals surface area contributed by atoms with E-state index in [0.717, 1.165) is 23.5 Å². The van der Waals surface area contributed by atoms with Crippen molar-refractivity contribution in [1.29, 1.82) is 5.41 Å². The summed E-state index contributed by atoms with van der Waals surface area (Å²) in [5.74, 6) is 1.50. The largest absolute Gasteiger partial charge is 0.479 e. The smallest absolute Gasteiger partial charge is 0.231 e. The second-order valence-corrected chi connectivity index (χ2v) is 2.62. The van der Waals surface area contributed by atoms with Gasteiger partial charge in [0.2, 0.25) is 6.79 Å². The Kier molecular flexibility index (Phi) is 2.04. The minimum Gasteiger partial charge on any atom is -0.479 e. The molecular formula is C9H9NO3. The van der Waals surface area contributed by atoms with Gasteiger partial charge in [-0.05, 0) is 17.7 Å². The molecule has 4 heteroatoms. The van der Waals surface area contributed by atoms with E-state index in [0.29, 0.717) is 6.61 Å². The highest BCUT2D eigenvalue weighted by molar-refractivity contribution is 5.45. The molecule has 1 aromatic carbocycles. The topological polar surface area (TPSA) is 51.5 Å². The van der Waals surface area contributed by atoms with Crippen molar-refractivity contribution in [2.45, 2.75) is 6.61 Å². The lowest BCUT2D eigenvalue weighted by Gasteiger charge is -2.01. The lowest BCUT2D eigenvalue weighted by atomic mass is 10.2. The van der Waals surface area contributed by atoms with Crippen molar-refractivity contribution in [3.63, 3.8) is 0 Å². The first-order chi connectivity index (χ1) is 6.40. The van der Waals surface area contributed by atoms with Gasteiger partial charge in [0, 0.05) is 0 Å². The zero-order valence-corrected chi connectivity index (χ0v) is 6.95. The summed E-state index contributed by atoms with van der Waals surface area (Å²) >= 11 is 0. The van der Waals surface area contributed by atoms with Crippen LogP contribution in [0.4, 0.5) is 0 Å². The Hall–Kier alpha value is -1.71. The molecule has 0 radical (unpaired) electrons. The molecule has 1 aromatic rings. The van der Waals surface area contributed by atoms with Gasteiger partial charge in [-0.3, -0.25) is 5.41 Å². The van der Waals surface area contributed by atoms with E-state index in [1.54, 1.807) is 0 Å². The molecule has 0 bridgehead atoms. The van der Waals surface area contributed by atoms with Crippen LogP contribution in [-0.4, -0.2) is 13.2 Å². The molecule has 0 spiro atoms. The number of ether oxygens (including phenoxy) is 3. The van der Waals surface area contributed by atoms with E-state index in [1.807, 2.05) is 18.2 Å². The quantitative estimate of drug-likeness (QED) is 0.565. The molecule has 1 aliphatic heterocycles. The first-order valence-corrected chi connectivity index (χ1v) is 3.89. The molecule has 0 saturated heterocycles. The highest BCUT2D eigenvalue weighted by Crippen LogP contribution is 2.32. The second-order valence-electron chi connectivity index (χ2n) is 2.62. The Bertz CT molecular complexity index is 325. The number of rotatable bonds is 3. The van der Waals surface area contributed by atoms with Gasteiger partial charge >= 0.3 is 0 Å². The normalized spacial score (nSPS) is 12.6. The molecule has 0 unspecified atom stereocenters. The van der Waals surface area contributed by atoms with E-state index >= 15 is 0 Å². The molecule has 1 aliphatic rings. The van der Waals surface area contributed by atoms with Gasteiger partial charge in [0.15, 0.2) is 17.9 Å². The molecule has 13 heavy (non-hydrogen) atoms. The first kappa shape index (κ1) is 7.91. The molecule has 68 valence electrons. The summed E-state index contributed by atoms with van der Waals surface area (Å²) < 4.78 is 15.2. The van der Waals surface area contributed by atoms with Crippen molar-refractivity contribution < 1.29 is 14.2 Å². The number of nitrogens with one attached hydrogen (secondary N) is 1. The maximum absolute atomic E-state index is 6.70. The zero-order valence-electron chi connectivity index (χ0n) is 6.95. The maximum atomic E-state index is 6.70. The van der Waals surface area contributed by atoms with Gasteiger partial charge in [-0.1, -0.05) is 6.07 Å². The summed E-state index contributed by atoms with van der Waals surface area (Å²) in [5, 5.41) is 6.70. The Morgan fingerprint density at radius 1 is 1.38 bits per heavy atom. The fourth-order valence-electron chi connectivity index (χ4n) is 1.17. The molecule has 0 amide bonds. The second kappa shape index (κ2) is 3.35. The van der Waals surface area contributed by atoms with Gasteiger partial charge in [0.1, 0.15) is 6.61 Å². The van der Waals surface area contributed by atoms with Crippen LogP contribution in [0.25, 0.3) is 0 Å². The van der Waals surface area contributed by atoms with Gasteiger partial charge in [-0.25, -0.2) is 0 Å². The molecule has 0 atom stereocenters. The molecule has 0 saturated carbocycles. The Balaban J connectivity index is 2.16. The number of hydrogen-bond donors (Lipinski definition) is 1. The lowest BCUT2D eigenvalue weighted by Crippen LogP contribution is -1.93. The van der Waals surface area contributed by atoms with E-state index in [4.69, 9.17) is 19.6 Å². The van der Waals surface area contributed by atoms with Crippen LogP contribution in [0, 0.1) is 5.41 Å². The third-order valence-corrected chi connectivity index (χ3v) is 1.77. The predicted octanol–water partition coefficient (Wildman–Crippen LogP) is 1.54. The van der Waals surface area contributed by atoms with Gasteiger partial charge in [0.05, 0.1) is 0 Å². The van der Waals surface area contributed by atoms with Crippen molar-refractivity contribution in [3.8, 4) is 11.5 Å². The predicted molar refractivity (Wildman–Crippen MR) is 46.1 cm³/mol. The standard InChI is InChI=1S/C9H9NO3/c10-5-11-4-7-1-2-8-9(3-7)13-6-12-8/h1-3,5,10H,4,6H2. The summed E-state index contributed by atoms with van der Waals surface area (Å²) in [6.07, 6.45) is 0.921. The molecule has 0 aliphatic carbocycles. The SMILES string of the molecule is N=COCc1ccc2c(c1)OCO2. The van der Waals surface area contributed by atoms with Gasteiger partial charge in [-0.15, -0.1) is 0 Å². The number of fused-ring (bicyclic) bond motifs is 1. The maximum Gasteiger partial charge on any atom is 0.231 e. The van der Waals surface area contributed by atoms with E-state index in [-0.39, 0.29) is 6.79 Å². The van der Waals surface area contributed by atoms with Crippen LogP contribution in [0.3, 0.4) is 0 Å². The van der Waals surface area contributed by atoms with Crippen LogP contribution in [0.2, 0.25) is 0 Å². The van der Waals surface area contributed by atoms with Crippen LogP contribution < -0.4 is 9.47 Å². The van der Waals surface area contributed by atoms with E-state index < -0.39 is 0 Å². The van der Waals surface area contributed by atoms with Gasteiger partial charge in [0.25, 0.3) is 0 Å². The van der Waals surface area contributed by atoms with Crippen molar-refractivity contribution in [2.24, 2.45) is 0 Å². The third-order valence-electron chi connectivity index (χ3n) is 1.77. The number of benzene rings is 1. The molecule has 0 aromatic heterocycles. The summed E-state index contributed by atoms with van der Waals surface area (Å²) in [4.78, 5) is 0. The summed E-state index contributed by atoms with van der Waals surface area (Å²) in [7, 11) is 0. The van der Waals surface area contributed by atoms with E-state index in [2.05, 4.69) is 0 Å². The first-order valence-electron chi connectivity index (χ1n) is 3.89. The average Bonchev–Trinajstić information content (AvgIpc) is 2.61. The van der Waals surface area contributed by atoms with Crippen LogP contribution in [0.1, 0.15) is 5.56 Å². The Labute approximate surface area is 75.5 Å². The van der Waals surface area contributed by atoms with Gasteiger partial charge < -0.3 is 14.2 Å². The van der Waals surface area contributed by atoms with Crippen molar-refractivity contribution in [1.82, 2.24) is 0 Å². The molecular weight excluding hydrogens is 170 g/mol. The molecule has 2 rings (SSSR count). The Morgan fingerprint density at radius 2 is 2.23 bits per heavy atom. The van der Waals surface area contributed by atoms with Crippen LogP contribution in [0.15, 0.2) is 18.2 Å². The van der Waals surface area contributed by atoms with Crippen LogP contribution >= 0.6 is 0 Å². The lowest BCUT2D eigenvalue weighted by molar-refractivity contribution is 0.174. The highest BCUT2D eigenvalue weighted by atomic mass is 16.7. The van der Waals surface area contributed by atoms with Crippen molar-refractivity contribution >= 4 is 6.40 Å². The minimum atomic E-state index is 0.282. The summed E-state index contributed by atoms with van der Waals surface area (Å²) in [6.45, 7) is 0.671. The third kappa shape index (κ3) is 1.56. The van der Waals surface area contributed by atoms with Crippen molar-refractivity contribution in [2.75, 3.05) is 6.79 Å². The number of hydrogen-bond acceptors (Lipinski definition) is 4. The Morgan fingerprint density at radius 3 is 3.08 bits per heavy atom. The molecule has 1 heterocycles.